The van der Waals surface area contributed by atoms with Gasteiger partial charge in [-0.3, -0.25) is 0 Å². The van der Waals surface area contributed by atoms with Gasteiger partial charge in [0.1, 0.15) is 0 Å². The molecular weight excluding hydrogens is 965 g/mol. The summed E-state index contributed by atoms with van der Waals surface area (Å²) < 4.78 is 6.62. The Hall–Kier alpha value is -5.70. The Bertz CT molecular complexity index is 2840. The molecule has 0 fully saturated rings. The van der Waals surface area contributed by atoms with Gasteiger partial charge in [-0.1, -0.05) is 247 Å². The molecule has 4 atom stereocenters. The zero-order valence-electron chi connectivity index (χ0n) is 48.7. The van der Waals surface area contributed by atoms with Gasteiger partial charge in [-0.2, -0.15) is 0 Å². The minimum atomic E-state index is -0.538. The predicted molar refractivity (Wildman–Crippen MR) is 334 cm³/mol. The number of hydrogen-bond acceptors (Lipinski definition) is 7. The summed E-state index contributed by atoms with van der Waals surface area (Å²) in [6.07, 6.45) is 29.0. The van der Waals surface area contributed by atoms with E-state index >= 15 is 0 Å². The molecule has 1 aromatic heterocycles. The average Bonchev–Trinajstić information content (AvgIpc) is 3.82. The van der Waals surface area contributed by atoms with Gasteiger partial charge in [0.25, 0.3) is 0 Å². The van der Waals surface area contributed by atoms with Crippen LogP contribution in [0.15, 0.2) is 138 Å². The SMILES string of the molecule is CCCCCCCCNC1(C(N)CCCCCCC)c2ccccc2-c2ccc(-c3cc(-c4ccc5c(c4)C(NCCCCCCCC)(C(N)CCCCCCC)c4ccccc4-5)cc(-c4nnc(-c5ccccc5)o4)c3)cc21. The van der Waals surface area contributed by atoms with Gasteiger partial charge < -0.3 is 26.5 Å². The fraction of sp³-hybridized carbons (Fsp3) is 0.472. The quantitative estimate of drug-likeness (QED) is 0.0297. The molecule has 0 aliphatic heterocycles. The van der Waals surface area contributed by atoms with Gasteiger partial charge in [0.05, 0.1) is 11.1 Å². The van der Waals surface area contributed by atoms with Crippen molar-refractivity contribution in [2.45, 2.75) is 205 Å². The van der Waals surface area contributed by atoms with Crippen LogP contribution in [-0.4, -0.2) is 35.4 Å². The zero-order valence-corrected chi connectivity index (χ0v) is 48.7. The number of nitrogens with two attached hydrogens (primary N) is 2. The van der Waals surface area contributed by atoms with Crippen LogP contribution in [0, 0.1) is 0 Å². The third-order valence-electron chi connectivity index (χ3n) is 17.7. The Morgan fingerprint density at radius 1 is 0.354 bits per heavy atom. The number of unbranched alkanes of at least 4 members (excludes halogenated alkanes) is 18. The lowest BCUT2D eigenvalue weighted by atomic mass is 9.77. The van der Waals surface area contributed by atoms with Gasteiger partial charge in [0.2, 0.25) is 11.8 Å². The third-order valence-corrected chi connectivity index (χ3v) is 17.7. The number of rotatable bonds is 34. The molecule has 0 saturated carbocycles. The number of nitrogens with zero attached hydrogens (tertiary/aromatic N) is 2. The van der Waals surface area contributed by atoms with E-state index in [-0.39, 0.29) is 12.1 Å². The lowest BCUT2D eigenvalue weighted by Crippen LogP contribution is -2.55. The van der Waals surface area contributed by atoms with Crippen LogP contribution in [0.3, 0.4) is 0 Å². The largest absolute Gasteiger partial charge is 0.416 e. The van der Waals surface area contributed by atoms with E-state index in [1.54, 1.807) is 0 Å². The van der Waals surface area contributed by atoms with Crippen molar-refractivity contribution in [2.24, 2.45) is 11.5 Å². The standard InChI is InChI=1S/C72H94N6O/c1-5-9-13-17-21-32-46-75-71(67(73)40-26-19-15-11-7-3)63-38-30-28-36-59(63)61-44-42-54(51-65(61)71)56-48-57(50-58(49-56)70-78-77-69(79-70)53-34-24-23-25-35-53)55-43-45-62-60-37-29-31-39-64(60)72(66(62)52-55,68(74)41-27-20-16-12-8-4)76-47-33-22-18-14-10-6-2/h23-25,28-31,34-39,42-45,48-52,67-68,75-76H,5-22,26-27,32-33,40-41,46-47,73-74H2,1-4H3. The van der Waals surface area contributed by atoms with Crippen molar-refractivity contribution in [3.63, 3.8) is 0 Å². The summed E-state index contributed by atoms with van der Waals surface area (Å²) in [4.78, 5) is 0. The molecule has 0 saturated heterocycles. The van der Waals surface area contributed by atoms with Crippen molar-refractivity contribution in [2.75, 3.05) is 13.1 Å². The topological polar surface area (TPSA) is 115 Å². The second-order valence-corrected chi connectivity index (χ2v) is 23.3. The molecule has 6 N–H and O–H groups in total. The number of fused-ring (bicyclic) bond motifs is 6. The van der Waals surface area contributed by atoms with Gasteiger partial charge in [-0.15, -0.1) is 10.2 Å². The number of aromatic nitrogens is 2. The summed E-state index contributed by atoms with van der Waals surface area (Å²) >= 11 is 0. The summed E-state index contributed by atoms with van der Waals surface area (Å²) in [6, 6.07) is 49.1. The Morgan fingerprint density at radius 2 is 0.722 bits per heavy atom. The molecule has 1 heterocycles. The maximum Gasteiger partial charge on any atom is 0.248 e. The molecule has 7 aromatic rings. The smallest absolute Gasteiger partial charge is 0.248 e. The molecule has 2 aliphatic carbocycles. The molecule has 4 unspecified atom stereocenters. The van der Waals surface area contributed by atoms with Gasteiger partial charge in [-0.25, -0.2) is 0 Å². The van der Waals surface area contributed by atoms with Crippen LogP contribution in [0.5, 0.6) is 0 Å². The first-order chi connectivity index (χ1) is 38.9. The summed E-state index contributed by atoms with van der Waals surface area (Å²) in [5.41, 5.74) is 30.8. The summed E-state index contributed by atoms with van der Waals surface area (Å²) in [7, 11) is 0. The lowest BCUT2D eigenvalue weighted by molar-refractivity contribution is 0.310. The molecule has 6 aromatic carbocycles. The van der Waals surface area contributed by atoms with Gasteiger partial charge >= 0.3 is 0 Å². The molecular formula is C72H94N6O. The van der Waals surface area contributed by atoms with E-state index in [4.69, 9.17) is 21.0 Å². The third kappa shape index (κ3) is 13.1. The fourth-order valence-electron chi connectivity index (χ4n) is 13.3. The van der Waals surface area contributed by atoms with Crippen molar-refractivity contribution in [3.05, 3.63) is 156 Å². The van der Waals surface area contributed by atoms with Crippen molar-refractivity contribution < 1.29 is 4.42 Å². The molecule has 0 amide bonds. The van der Waals surface area contributed by atoms with Crippen LogP contribution in [0.4, 0.5) is 0 Å². The van der Waals surface area contributed by atoms with Crippen LogP contribution in [-0.2, 0) is 11.1 Å². The highest BCUT2D eigenvalue weighted by atomic mass is 16.4. The molecule has 0 radical (unpaired) electrons. The van der Waals surface area contributed by atoms with Crippen LogP contribution in [0.25, 0.3) is 67.4 Å². The van der Waals surface area contributed by atoms with Crippen molar-refractivity contribution >= 4 is 0 Å². The zero-order chi connectivity index (χ0) is 54.9. The van der Waals surface area contributed by atoms with Crippen LogP contribution in [0.1, 0.15) is 204 Å². The van der Waals surface area contributed by atoms with Crippen LogP contribution in [0.2, 0.25) is 0 Å². The second-order valence-electron chi connectivity index (χ2n) is 23.3. The molecule has 7 nitrogen and oxygen atoms in total. The summed E-state index contributed by atoms with van der Waals surface area (Å²) in [5, 5.41) is 17.9. The average molecular weight is 1060 g/mol. The van der Waals surface area contributed by atoms with Gasteiger partial charge in [-0.05, 0) is 148 Å². The van der Waals surface area contributed by atoms with Crippen molar-refractivity contribution in [3.8, 4) is 67.4 Å². The van der Waals surface area contributed by atoms with Gasteiger partial charge in [0.15, 0.2) is 0 Å². The minimum Gasteiger partial charge on any atom is -0.416 e. The fourth-order valence-corrected chi connectivity index (χ4v) is 13.3. The molecule has 9 rings (SSSR count). The van der Waals surface area contributed by atoms with E-state index in [1.807, 2.05) is 30.3 Å². The monoisotopic (exact) mass is 1060 g/mol. The van der Waals surface area contributed by atoms with E-state index in [9.17, 15) is 0 Å². The molecule has 2 aliphatic rings. The Morgan fingerprint density at radius 3 is 1.18 bits per heavy atom. The minimum absolute atomic E-state index is 0.114. The maximum absolute atomic E-state index is 7.70. The highest BCUT2D eigenvalue weighted by Gasteiger charge is 2.48. The summed E-state index contributed by atoms with van der Waals surface area (Å²) in [5.74, 6) is 0.993. The van der Waals surface area contributed by atoms with Crippen molar-refractivity contribution in [1.82, 2.24) is 20.8 Å². The molecule has 0 bridgehead atoms. The molecule has 7 heteroatoms. The van der Waals surface area contributed by atoms with E-state index in [0.29, 0.717) is 11.8 Å². The summed E-state index contributed by atoms with van der Waals surface area (Å²) in [6.45, 7) is 11.0. The molecule has 418 valence electrons. The van der Waals surface area contributed by atoms with E-state index < -0.39 is 11.1 Å². The molecule has 0 spiro atoms. The van der Waals surface area contributed by atoms with Crippen molar-refractivity contribution in [1.29, 1.82) is 0 Å². The predicted octanol–water partition coefficient (Wildman–Crippen LogP) is 18.5. The van der Waals surface area contributed by atoms with Gasteiger partial charge in [0, 0.05) is 23.2 Å². The van der Waals surface area contributed by atoms with E-state index in [0.717, 1.165) is 85.0 Å². The number of nitrogens with one attached hydrogen (secondary N) is 2. The lowest BCUT2D eigenvalue weighted by Gasteiger charge is -2.39. The van der Waals surface area contributed by atoms with E-state index in [1.165, 1.54) is 160 Å². The normalized spacial score (nSPS) is 16.9. The Balaban J connectivity index is 1.16. The van der Waals surface area contributed by atoms with E-state index in [2.05, 4.69) is 147 Å². The highest BCUT2D eigenvalue weighted by Crippen LogP contribution is 2.53. The second kappa shape index (κ2) is 28.6. The first kappa shape index (κ1) is 58.0. The number of hydrogen-bond donors (Lipinski definition) is 4. The van der Waals surface area contributed by atoms with Crippen LogP contribution < -0.4 is 22.1 Å². The Labute approximate surface area is 475 Å². The first-order valence-electron chi connectivity index (χ1n) is 31.4. The maximum atomic E-state index is 7.70. The number of benzene rings is 6. The molecule has 79 heavy (non-hydrogen) atoms. The first-order valence-corrected chi connectivity index (χ1v) is 31.4. The highest BCUT2D eigenvalue weighted by molar-refractivity contribution is 5.88. The van der Waals surface area contributed by atoms with Crippen LogP contribution >= 0.6 is 0 Å². The Kier molecular flexibility index (Phi) is 21.0.